The first-order valence-electron chi connectivity index (χ1n) is 5.95. The Morgan fingerprint density at radius 3 is 2.89 bits per heavy atom. The summed E-state index contributed by atoms with van der Waals surface area (Å²) >= 11 is 7.05. The van der Waals surface area contributed by atoms with Crippen LogP contribution in [0, 0.1) is 22.9 Å². The van der Waals surface area contributed by atoms with Crippen LogP contribution in [-0.2, 0) is 12.8 Å². The lowest BCUT2D eigenvalue weighted by molar-refractivity contribution is 0.899. The Hall–Kier alpha value is -1.44. The second kappa shape index (κ2) is 4.34. The Kier molecular flexibility index (Phi) is 2.81. The molecule has 0 spiro atoms. The van der Waals surface area contributed by atoms with Gasteiger partial charge in [-0.15, -0.1) is 11.3 Å². The minimum Gasteiger partial charge on any atom is -0.349 e. The van der Waals surface area contributed by atoms with Crippen LogP contribution >= 0.6 is 23.6 Å². The summed E-state index contributed by atoms with van der Waals surface area (Å²) < 4.78 is 0.583. The van der Waals surface area contributed by atoms with E-state index in [0.29, 0.717) is 10.2 Å². The summed E-state index contributed by atoms with van der Waals surface area (Å²) in [6, 6.07) is 6.47. The Bertz CT molecular complexity index is 716. The first kappa shape index (κ1) is 11.6. The van der Waals surface area contributed by atoms with Crippen LogP contribution in [-0.4, -0.2) is 4.98 Å². The molecule has 1 N–H and O–H groups in total. The first-order valence-corrected chi connectivity index (χ1v) is 7.18. The number of nitrogens with one attached hydrogen (secondary N) is 1. The molecule has 3 rings (SSSR count). The van der Waals surface area contributed by atoms with Crippen molar-refractivity contribution in [2.75, 3.05) is 0 Å². The van der Waals surface area contributed by atoms with Crippen molar-refractivity contribution in [1.82, 2.24) is 4.98 Å². The maximum Gasteiger partial charge on any atom is 0.122 e. The van der Waals surface area contributed by atoms with E-state index in [9.17, 15) is 5.26 Å². The third kappa shape index (κ3) is 1.71. The molecule has 18 heavy (non-hydrogen) atoms. The van der Waals surface area contributed by atoms with E-state index < -0.39 is 0 Å². The lowest BCUT2D eigenvalue weighted by atomic mass is 10.0. The molecule has 0 saturated heterocycles. The summed E-state index contributed by atoms with van der Waals surface area (Å²) in [6.45, 7) is 2.09. The van der Waals surface area contributed by atoms with E-state index in [1.165, 1.54) is 21.0 Å². The van der Waals surface area contributed by atoms with Crippen LogP contribution in [0.5, 0.6) is 0 Å². The number of nitrogens with zero attached hydrogens (tertiary/aromatic N) is 1. The fourth-order valence-corrected chi connectivity index (χ4v) is 3.79. The predicted molar refractivity (Wildman–Crippen MR) is 76.4 cm³/mol. The second-order valence-corrected chi connectivity index (χ2v) is 6.23. The minimum atomic E-state index is 0.583. The zero-order valence-corrected chi connectivity index (χ0v) is 11.7. The van der Waals surface area contributed by atoms with Gasteiger partial charge in [-0.3, -0.25) is 0 Å². The number of thiophene rings is 1. The topological polar surface area (TPSA) is 39.6 Å². The van der Waals surface area contributed by atoms with Crippen LogP contribution in [0.4, 0.5) is 0 Å². The van der Waals surface area contributed by atoms with Crippen molar-refractivity contribution in [2.45, 2.75) is 26.2 Å². The summed E-state index contributed by atoms with van der Waals surface area (Å²) in [6.07, 6.45) is 3.23. The Morgan fingerprint density at radius 1 is 1.39 bits per heavy atom. The van der Waals surface area contributed by atoms with E-state index in [-0.39, 0.29) is 0 Å². The van der Waals surface area contributed by atoms with Gasteiger partial charge in [0, 0.05) is 21.0 Å². The van der Waals surface area contributed by atoms with Crippen molar-refractivity contribution in [3.8, 4) is 16.5 Å². The van der Waals surface area contributed by atoms with E-state index >= 15 is 0 Å². The van der Waals surface area contributed by atoms with Gasteiger partial charge in [0.1, 0.15) is 10.7 Å². The Balaban J connectivity index is 2.37. The molecule has 2 heterocycles. The van der Waals surface area contributed by atoms with Gasteiger partial charge in [0.15, 0.2) is 0 Å². The summed E-state index contributed by atoms with van der Waals surface area (Å²) in [5, 5.41) is 9.37. The number of rotatable bonds is 1. The average Bonchev–Trinajstić information content (AvgIpc) is 2.95. The Labute approximate surface area is 115 Å². The second-order valence-electron chi connectivity index (χ2n) is 4.54. The Morgan fingerprint density at radius 2 is 2.22 bits per heavy atom. The molecule has 4 heteroatoms. The van der Waals surface area contributed by atoms with Crippen molar-refractivity contribution < 1.29 is 0 Å². The van der Waals surface area contributed by atoms with Gasteiger partial charge in [0.25, 0.3) is 0 Å². The number of pyridine rings is 1. The van der Waals surface area contributed by atoms with Crippen molar-refractivity contribution in [2.24, 2.45) is 0 Å². The van der Waals surface area contributed by atoms with Gasteiger partial charge < -0.3 is 4.98 Å². The van der Waals surface area contributed by atoms with Crippen molar-refractivity contribution in [1.29, 1.82) is 5.26 Å². The molecule has 0 bridgehead atoms. The molecule has 0 saturated carbocycles. The summed E-state index contributed by atoms with van der Waals surface area (Å²) in [5.74, 6) is 0. The SMILES string of the molecule is Cc1ccc(-c2c3c([nH]c(=S)c2C#N)CCC3)s1. The number of hydrogen-bond donors (Lipinski definition) is 1. The number of H-pyrrole nitrogens is 1. The normalized spacial score (nSPS) is 13.3. The van der Waals surface area contributed by atoms with Gasteiger partial charge in [-0.2, -0.15) is 5.26 Å². The predicted octanol–water partition coefficient (Wildman–Crippen LogP) is 4.14. The molecule has 0 aromatic carbocycles. The molecule has 0 unspecified atom stereocenters. The molecular weight excluding hydrogens is 260 g/mol. The van der Waals surface area contributed by atoms with Crippen LogP contribution in [0.1, 0.15) is 28.1 Å². The standard InChI is InChI=1S/C14H12N2S2/c1-8-5-6-12(18-8)13-9-3-2-4-11(9)16-14(17)10(13)7-15/h5-6H,2-4H2,1H3,(H,16,17). The number of aryl methyl sites for hydroxylation is 2. The molecular formula is C14H12N2S2. The van der Waals surface area contributed by atoms with E-state index in [1.807, 2.05) is 0 Å². The number of aromatic amines is 1. The van der Waals surface area contributed by atoms with Gasteiger partial charge in [-0.05, 0) is 43.9 Å². The summed E-state index contributed by atoms with van der Waals surface area (Å²) in [7, 11) is 0. The largest absolute Gasteiger partial charge is 0.349 e. The fourth-order valence-electron chi connectivity index (χ4n) is 2.57. The van der Waals surface area contributed by atoms with E-state index in [4.69, 9.17) is 12.2 Å². The quantitative estimate of drug-likeness (QED) is 0.792. The highest BCUT2D eigenvalue weighted by atomic mass is 32.1. The van der Waals surface area contributed by atoms with Crippen LogP contribution in [0.3, 0.4) is 0 Å². The van der Waals surface area contributed by atoms with Crippen molar-refractivity contribution in [3.63, 3.8) is 0 Å². The maximum absolute atomic E-state index is 9.37. The highest BCUT2D eigenvalue weighted by Gasteiger charge is 2.21. The third-order valence-electron chi connectivity index (χ3n) is 3.36. The van der Waals surface area contributed by atoms with Crippen LogP contribution in [0.15, 0.2) is 12.1 Å². The van der Waals surface area contributed by atoms with E-state index in [2.05, 4.69) is 30.1 Å². The number of aromatic nitrogens is 1. The molecule has 0 atom stereocenters. The van der Waals surface area contributed by atoms with Crippen molar-refractivity contribution in [3.05, 3.63) is 38.5 Å². The van der Waals surface area contributed by atoms with Gasteiger partial charge in [-0.1, -0.05) is 12.2 Å². The molecule has 0 fully saturated rings. The molecule has 2 aromatic rings. The smallest absolute Gasteiger partial charge is 0.122 e. The number of hydrogen-bond acceptors (Lipinski definition) is 3. The molecule has 1 aliphatic rings. The highest BCUT2D eigenvalue weighted by Crippen LogP contribution is 2.37. The lowest BCUT2D eigenvalue weighted by Gasteiger charge is -2.09. The zero-order valence-electron chi connectivity index (χ0n) is 10.0. The van der Waals surface area contributed by atoms with Crippen molar-refractivity contribution >= 4 is 23.6 Å². The average molecular weight is 272 g/mol. The third-order valence-corrected chi connectivity index (χ3v) is 4.68. The molecule has 90 valence electrons. The molecule has 0 amide bonds. The maximum atomic E-state index is 9.37. The van der Waals surface area contributed by atoms with Gasteiger partial charge in [0.05, 0.1) is 5.56 Å². The molecule has 2 aromatic heterocycles. The fraction of sp³-hybridized carbons (Fsp3) is 0.286. The number of fused-ring (bicyclic) bond motifs is 1. The van der Waals surface area contributed by atoms with E-state index in [1.54, 1.807) is 11.3 Å². The molecule has 0 aliphatic heterocycles. The summed E-state index contributed by atoms with van der Waals surface area (Å²) in [5.41, 5.74) is 4.22. The van der Waals surface area contributed by atoms with Gasteiger partial charge in [-0.25, -0.2) is 0 Å². The lowest BCUT2D eigenvalue weighted by Crippen LogP contribution is -1.97. The zero-order chi connectivity index (χ0) is 12.7. The minimum absolute atomic E-state index is 0.583. The molecule has 0 radical (unpaired) electrons. The monoisotopic (exact) mass is 272 g/mol. The van der Waals surface area contributed by atoms with Gasteiger partial charge >= 0.3 is 0 Å². The highest BCUT2D eigenvalue weighted by molar-refractivity contribution is 7.71. The van der Waals surface area contributed by atoms with Crippen LogP contribution in [0.2, 0.25) is 0 Å². The summed E-state index contributed by atoms with van der Waals surface area (Å²) in [4.78, 5) is 5.65. The molecule has 1 aliphatic carbocycles. The molecule has 2 nitrogen and oxygen atoms in total. The van der Waals surface area contributed by atoms with Gasteiger partial charge in [0.2, 0.25) is 0 Å². The number of nitriles is 1. The first-order chi connectivity index (χ1) is 8.70. The van der Waals surface area contributed by atoms with Crippen LogP contribution < -0.4 is 0 Å². The van der Waals surface area contributed by atoms with E-state index in [0.717, 1.165) is 24.8 Å². The van der Waals surface area contributed by atoms with Crippen LogP contribution in [0.25, 0.3) is 10.4 Å².